The molecule has 0 spiro atoms. The van der Waals surface area contributed by atoms with Gasteiger partial charge in [0, 0.05) is 17.7 Å². The van der Waals surface area contributed by atoms with E-state index in [4.69, 9.17) is 28.4 Å². The van der Waals surface area contributed by atoms with Gasteiger partial charge in [0.2, 0.25) is 5.89 Å². The van der Waals surface area contributed by atoms with Gasteiger partial charge in [-0.2, -0.15) is 4.90 Å². The highest BCUT2D eigenvalue weighted by atomic mass is 32.2. The number of oxazole rings is 1. The van der Waals surface area contributed by atoms with Crippen molar-refractivity contribution in [3.05, 3.63) is 66.1 Å². The van der Waals surface area contributed by atoms with Crippen molar-refractivity contribution < 1.29 is 46.2 Å². The molecule has 4 heterocycles. The number of carbonyl (C=O) groups excluding carboxylic acids is 3. The van der Waals surface area contributed by atoms with Crippen molar-refractivity contribution in [3.63, 3.8) is 0 Å². The Balaban J connectivity index is 1.56. The lowest BCUT2D eigenvalue weighted by molar-refractivity contribution is 0.0138. The monoisotopic (exact) mass is 739 g/mol. The predicted molar refractivity (Wildman–Crippen MR) is 190 cm³/mol. The number of rotatable bonds is 5. The second-order valence-electron chi connectivity index (χ2n) is 15.3. The van der Waals surface area contributed by atoms with Crippen molar-refractivity contribution in [3.8, 4) is 11.5 Å². The number of fused-ring (bicyclic) bond motifs is 3. The Morgan fingerprint density at radius 2 is 1.63 bits per heavy atom. The number of carbonyl (C=O) groups is 3. The lowest BCUT2D eigenvalue weighted by Gasteiger charge is -2.46. The molecule has 0 saturated heterocycles. The number of amidine groups is 1. The van der Waals surface area contributed by atoms with Crippen molar-refractivity contribution in [1.82, 2.24) is 14.9 Å². The van der Waals surface area contributed by atoms with Gasteiger partial charge >= 0.3 is 12.2 Å². The molecular weight excluding hydrogens is 694 g/mol. The summed E-state index contributed by atoms with van der Waals surface area (Å²) in [5, 5.41) is 1.64. The predicted octanol–water partition coefficient (Wildman–Crippen LogP) is 6.43. The number of hydrogen-bond acceptors (Lipinski definition) is 13. The van der Waals surface area contributed by atoms with Gasteiger partial charge in [0.25, 0.3) is 5.91 Å². The van der Waals surface area contributed by atoms with E-state index in [1.54, 1.807) is 79.7 Å². The minimum absolute atomic E-state index is 0.0443. The van der Waals surface area contributed by atoms with Crippen LogP contribution in [0.1, 0.15) is 97.6 Å². The molecule has 0 unspecified atom stereocenters. The second kappa shape index (κ2) is 13.5. The van der Waals surface area contributed by atoms with E-state index in [0.29, 0.717) is 33.5 Å². The van der Waals surface area contributed by atoms with Gasteiger partial charge in [-0.25, -0.2) is 28.0 Å². The highest BCUT2D eigenvalue weighted by Crippen LogP contribution is 2.50. The standard InChI is InChI=1S/C36H45N5O10S/c1-21-17-27-36(10,40-30(35(8,9)52(27,45)46)41(31(43)50-33(2,3)4)32(44)51-34(5,6)7)24-18-22(11-14-26(24)49-21)39-29(42)25-13-12-23(19-38-25)48-20-28-37-15-16-47-28/h11-16,18-19,21,27H,17,20H2,1-10H3,(H,39,42)/t21-,27+,36+/m0/s1. The van der Waals surface area contributed by atoms with Crippen molar-refractivity contribution in [2.24, 2.45) is 4.99 Å². The van der Waals surface area contributed by atoms with E-state index in [0.717, 1.165) is 0 Å². The SMILES string of the molecule is C[C@H]1C[C@@H]2[C@](C)(N=C(N(C(=O)OC(C)(C)C)C(=O)OC(C)(C)C)C(C)(C)S2(=O)=O)c2cc(NC(=O)c3ccc(OCc4ncco4)cn3)ccc2O1. The number of imide groups is 1. The molecule has 0 saturated carbocycles. The van der Waals surface area contributed by atoms with Gasteiger partial charge < -0.3 is 28.7 Å². The van der Waals surface area contributed by atoms with Crippen LogP contribution in [0.4, 0.5) is 15.3 Å². The summed E-state index contributed by atoms with van der Waals surface area (Å²) >= 11 is 0. The number of ether oxygens (including phenoxy) is 4. The van der Waals surface area contributed by atoms with E-state index in [1.165, 1.54) is 38.6 Å². The van der Waals surface area contributed by atoms with Crippen LogP contribution in [-0.2, 0) is 31.5 Å². The van der Waals surface area contributed by atoms with E-state index in [1.807, 2.05) is 0 Å². The summed E-state index contributed by atoms with van der Waals surface area (Å²) in [4.78, 5) is 54.6. The van der Waals surface area contributed by atoms with Crippen molar-refractivity contribution in [2.75, 3.05) is 5.32 Å². The third-order valence-electron chi connectivity index (χ3n) is 8.43. The molecule has 280 valence electrons. The van der Waals surface area contributed by atoms with Gasteiger partial charge in [-0.3, -0.25) is 9.79 Å². The number of aliphatic imine (C=N–C) groups is 1. The van der Waals surface area contributed by atoms with Crippen LogP contribution in [0.25, 0.3) is 0 Å². The number of hydrogen-bond donors (Lipinski definition) is 1. The Labute approximate surface area is 303 Å². The maximum atomic E-state index is 14.7. The molecule has 1 aromatic carbocycles. The maximum absolute atomic E-state index is 14.7. The summed E-state index contributed by atoms with van der Waals surface area (Å²) in [5.74, 6) is 0.171. The van der Waals surface area contributed by atoms with E-state index in [2.05, 4.69) is 15.3 Å². The lowest BCUT2D eigenvalue weighted by atomic mass is 9.85. The summed E-state index contributed by atoms with van der Waals surface area (Å²) in [6, 6.07) is 7.87. The average molecular weight is 740 g/mol. The van der Waals surface area contributed by atoms with Crippen molar-refractivity contribution in [2.45, 2.75) is 115 Å². The first-order chi connectivity index (χ1) is 24.0. The van der Waals surface area contributed by atoms with Crippen LogP contribution in [0.2, 0.25) is 0 Å². The van der Waals surface area contributed by atoms with Crippen LogP contribution < -0.4 is 14.8 Å². The molecule has 2 aliphatic rings. The molecule has 16 heteroatoms. The average Bonchev–Trinajstić information content (AvgIpc) is 3.51. The topological polar surface area (TPSA) is 189 Å². The number of nitrogens with zero attached hydrogens (tertiary/aromatic N) is 4. The summed E-state index contributed by atoms with van der Waals surface area (Å²) in [6.07, 6.45) is 1.52. The summed E-state index contributed by atoms with van der Waals surface area (Å²) in [7, 11) is -4.26. The molecule has 15 nitrogen and oxygen atoms in total. The minimum Gasteiger partial charge on any atom is -0.490 e. The van der Waals surface area contributed by atoms with E-state index in [9.17, 15) is 22.8 Å². The first-order valence-corrected chi connectivity index (χ1v) is 18.3. The van der Waals surface area contributed by atoms with Gasteiger partial charge in [-0.05, 0) is 99.6 Å². The molecule has 5 rings (SSSR count). The zero-order valence-electron chi connectivity index (χ0n) is 31.0. The van der Waals surface area contributed by atoms with Gasteiger partial charge in [0.1, 0.15) is 50.8 Å². The largest absolute Gasteiger partial charge is 0.490 e. The first-order valence-electron chi connectivity index (χ1n) is 16.7. The number of benzene rings is 1. The van der Waals surface area contributed by atoms with Crippen LogP contribution in [0.3, 0.4) is 0 Å². The second-order valence-corrected chi connectivity index (χ2v) is 18.0. The smallest absolute Gasteiger partial charge is 0.425 e. The molecule has 1 N–H and O–H groups in total. The molecule has 3 atom stereocenters. The molecule has 0 aliphatic carbocycles. The summed E-state index contributed by atoms with van der Waals surface area (Å²) in [6.45, 7) is 16.0. The fourth-order valence-corrected chi connectivity index (χ4v) is 8.33. The Morgan fingerprint density at radius 3 is 2.19 bits per heavy atom. The van der Waals surface area contributed by atoms with Crippen LogP contribution in [0, 0.1) is 0 Å². The third-order valence-corrected chi connectivity index (χ3v) is 11.4. The maximum Gasteiger partial charge on any atom is 0.425 e. The van der Waals surface area contributed by atoms with Crippen LogP contribution in [0.15, 0.2) is 58.4 Å². The van der Waals surface area contributed by atoms with Gasteiger partial charge in [0.05, 0.1) is 23.7 Å². The first kappa shape index (κ1) is 38.2. The van der Waals surface area contributed by atoms with Crippen LogP contribution in [-0.4, -0.2) is 74.5 Å². The molecular formula is C36H45N5O10S. The van der Waals surface area contributed by atoms with E-state index < -0.39 is 60.8 Å². The molecule has 52 heavy (non-hydrogen) atoms. The minimum atomic E-state index is -4.26. The van der Waals surface area contributed by atoms with Crippen LogP contribution >= 0.6 is 0 Å². The molecule has 2 aliphatic heterocycles. The lowest BCUT2D eigenvalue weighted by Crippen LogP contribution is -2.64. The fraction of sp³-hybridized carbons (Fsp3) is 0.500. The molecule has 3 aromatic rings. The Bertz CT molecular complexity index is 1950. The zero-order chi connectivity index (χ0) is 38.4. The molecule has 0 bridgehead atoms. The number of sulfone groups is 1. The number of pyridine rings is 1. The molecule has 2 aromatic heterocycles. The van der Waals surface area contributed by atoms with Gasteiger partial charge in [0.15, 0.2) is 16.4 Å². The summed E-state index contributed by atoms with van der Waals surface area (Å²) in [5.41, 5.74) is -3.02. The van der Waals surface area contributed by atoms with Gasteiger partial charge in [-0.15, -0.1) is 0 Å². The van der Waals surface area contributed by atoms with Crippen LogP contribution in [0.5, 0.6) is 11.5 Å². The van der Waals surface area contributed by atoms with E-state index in [-0.39, 0.29) is 24.6 Å². The molecule has 0 radical (unpaired) electrons. The fourth-order valence-electron chi connectivity index (χ4n) is 5.92. The normalized spacial score (nSPS) is 21.9. The number of amides is 3. The molecule has 0 fully saturated rings. The van der Waals surface area contributed by atoms with Gasteiger partial charge in [-0.1, -0.05) is 0 Å². The Morgan fingerprint density at radius 1 is 0.981 bits per heavy atom. The Hall–Kier alpha value is -4.99. The zero-order valence-corrected chi connectivity index (χ0v) is 31.8. The van der Waals surface area contributed by atoms with Crippen molar-refractivity contribution >= 4 is 39.5 Å². The van der Waals surface area contributed by atoms with Crippen molar-refractivity contribution in [1.29, 1.82) is 0 Å². The van der Waals surface area contributed by atoms with E-state index >= 15 is 0 Å². The number of aromatic nitrogens is 2. The highest BCUT2D eigenvalue weighted by molar-refractivity contribution is 7.94. The number of anilines is 1. The Kier molecular flexibility index (Phi) is 9.95. The summed E-state index contributed by atoms with van der Waals surface area (Å²) < 4.78 is 55.8. The quantitative estimate of drug-likeness (QED) is 0.302. The number of nitrogens with one attached hydrogen (secondary N) is 1. The third kappa shape index (κ3) is 7.76. The molecule has 3 amide bonds. The highest BCUT2D eigenvalue weighted by Gasteiger charge is 2.61.